The summed E-state index contributed by atoms with van der Waals surface area (Å²) < 4.78 is 54.6. The molecule has 0 spiro atoms. The second-order valence-electron chi connectivity index (χ2n) is 0.924. The summed E-state index contributed by atoms with van der Waals surface area (Å²) in [5.74, 6) is 0. The molecule has 0 rings (SSSR count). The minimum absolute atomic E-state index is 0. The van der Waals surface area contributed by atoms with Crippen LogP contribution in [0.1, 0.15) is 0 Å². The molecular formula is H2HgO6S2TeZn. The Morgan fingerprint density at radius 3 is 1.09 bits per heavy atom. The first kappa shape index (κ1) is 18.9. The third-order valence-corrected chi connectivity index (χ3v) is 10.4. The predicted octanol–water partition coefficient (Wildman–Crippen LogP) is -1.71. The zero-order valence-corrected chi connectivity index (χ0v) is 17.6. The molecule has 6 nitrogen and oxygen atoms in total. The molecule has 0 aromatic carbocycles. The van der Waals surface area contributed by atoms with Crippen molar-refractivity contribution in [3.05, 3.63) is 0 Å². The maximum Gasteiger partial charge on any atom is 0 e. The van der Waals surface area contributed by atoms with E-state index in [0.717, 1.165) is 0 Å². The van der Waals surface area contributed by atoms with Crippen molar-refractivity contribution in [3.8, 4) is 0 Å². The Balaban J connectivity index is -0.000000320. The van der Waals surface area contributed by atoms with Crippen LogP contribution in [0, 0.1) is 0 Å². The van der Waals surface area contributed by atoms with E-state index >= 15 is 0 Å². The van der Waals surface area contributed by atoms with Crippen molar-refractivity contribution in [2.24, 2.45) is 0 Å². The van der Waals surface area contributed by atoms with Gasteiger partial charge in [0.15, 0.2) is 0 Å². The van der Waals surface area contributed by atoms with Gasteiger partial charge in [-0.1, -0.05) is 0 Å². The maximum absolute atomic E-state index is 9.72. The minimum Gasteiger partial charge on any atom is 0 e. The third-order valence-electron chi connectivity index (χ3n) is 0.172. The molecule has 2 N–H and O–H groups in total. The molecule has 0 saturated heterocycles. The zero-order valence-electron chi connectivity index (χ0n) is 5.17. The molecule has 0 heterocycles. The average Bonchev–Trinajstić information content (AvgIpc) is 1.14. The Morgan fingerprint density at radius 2 is 1.09 bits per heavy atom. The molecule has 11 heteroatoms. The fourth-order valence-corrected chi connectivity index (χ4v) is 6.56. The summed E-state index contributed by atoms with van der Waals surface area (Å²) in [7, 11) is -8.98. The Kier molecular flexibility index (Phi) is 11.3. The van der Waals surface area contributed by atoms with E-state index in [0.29, 0.717) is 0 Å². The molecule has 0 bridgehead atoms. The van der Waals surface area contributed by atoms with Crippen LogP contribution in [0.5, 0.6) is 0 Å². The smallest absolute Gasteiger partial charge is 0 e. The summed E-state index contributed by atoms with van der Waals surface area (Å²) in [6.07, 6.45) is 0. The minimum atomic E-state index is -4.49. The summed E-state index contributed by atoms with van der Waals surface area (Å²) in [5, 5.41) is 0. The van der Waals surface area contributed by atoms with Gasteiger partial charge in [-0.3, -0.25) is 0 Å². The van der Waals surface area contributed by atoms with Crippen molar-refractivity contribution < 1.29 is 73.1 Å². The standard InChI is InChI=1S/Hg.H2O6S2Te.Zn/c;1-7(2,3)9-8(4,5)6;/h;(H,1,2,3)(H,4,5,6);. The van der Waals surface area contributed by atoms with E-state index in [1.54, 1.807) is 0 Å². The maximum atomic E-state index is 9.72. The topological polar surface area (TPSA) is 109 Å². The van der Waals surface area contributed by atoms with Gasteiger partial charge >= 0.3 is 58.8 Å². The van der Waals surface area contributed by atoms with E-state index in [-0.39, 0.29) is 47.1 Å². The molecule has 0 aromatic rings. The number of hydrogen-bond donors (Lipinski definition) is 2. The summed E-state index contributed by atoms with van der Waals surface area (Å²) in [5.41, 5.74) is 0. The van der Waals surface area contributed by atoms with Gasteiger partial charge in [-0.25, -0.2) is 0 Å². The monoisotopic (exact) mass is 558 g/mol. The van der Waals surface area contributed by atoms with Crippen molar-refractivity contribution in [1.82, 2.24) is 0 Å². The van der Waals surface area contributed by atoms with Gasteiger partial charge in [0.25, 0.3) is 0 Å². The van der Waals surface area contributed by atoms with Gasteiger partial charge in [-0.2, -0.15) is 0 Å². The van der Waals surface area contributed by atoms with Gasteiger partial charge in [0.1, 0.15) is 0 Å². The summed E-state index contributed by atoms with van der Waals surface area (Å²) >= 11 is -2.78. The Hall–Kier alpha value is 2.17. The molecule has 0 aliphatic heterocycles. The quantitative estimate of drug-likeness (QED) is 0.311. The second-order valence-corrected chi connectivity index (χ2v) is 13.9. The zero-order chi connectivity index (χ0) is 7.71. The molecule has 0 atom stereocenters. The first-order valence-electron chi connectivity index (χ1n) is 1.37. The average molecular weight is 556 g/mol. The van der Waals surface area contributed by atoms with Gasteiger partial charge in [-0.15, -0.1) is 0 Å². The summed E-state index contributed by atoms with van der Waals surface area (Å²) in [4.78, 5) is 0. The van der Waals surface area contributed by atoms with E-state index in [4.69, 9.17) is 9.11 Å². The van der Waals surface area contributed by atoms with Crippen molar-refractivity contribution in [2.45, 2.75) is 0 Å². The third kappa shape index (κ3) is 18.9. The largest absolute Gasteiger partial charge is 0 e. The van der Waals surface area contributed by atoms with Crippen LogP contribution in [0.2, 0.25) is 0 Å². The Bertz CT molecular complexity index is 246. The summed E-state index contributed by atoms with van der Waals surface area (Å²) in [6, 6.07) is 0. The molecule has 0 radical (unpaired) electrons. The molecule has 0 unspecified atom stereocenters. The van der Waals surface area contributed by atoms with Crippen LogP contribution in [-0.2, 0) is 61.8 Å². The fraction of sp³-hybridized carbons (Fsp3) is 0. The molecule has 11 heavy (non-hydrogen) atoms. The van der Waals surface area contributed by atoms with Gasteiger partial charge in [0.05, 0.1) is 0 Å². The van der Waals surface area contributed by atoms with E-state index in [9.17, 15) is 16.8 Å². The van der Waals surface area contributed by atoms with Crippen LogP contribution >= 0.6 is 0 Å². The second kappa shape index (κ2) is 6.60. The van der Waals surface area contributed by atoms with Gasteiger partial charge in [-0.05, 0) is 0 Å². The molecule has 0 amide bonds. The van der Waals surface area contributed by atoms with Crippen molar-refractivity contribution in [2.75, 3.05) is 0 Å². The van der Waals surface area contributed by atoms with Crippen LogP contribution in [-0.4, -0.2) is 44.1 Å². The van der Waals surface area contributed by atoms with E-state index in [1.165, 1.54) is 0 Å². The van der Waals surface area contributed by atoms with Gasteiger partial charge in [0, 0.05) is 47.1 Å². The molecular weight excluding hydrogens is 554 g/mol. The van der Waals surface area contributed by atoms with Gasteiger partial charge < -0.3 is 0 Å². The van der Waals surface area contributed by atoms with E-state index in [1.807, 2.05) is 0 Å². The first-order chi connectivity index (χ1) is 3.71. The van der Waals surface area contributed by atoms with Crippen LogP contribution in [0.3, 0.4) is 0 Å². The van der Waals surface area contributed by atoms with Crippen LogP contribution in [0.15, 0.2) is 0 Å². The molecule has 0 saturated carbocycles. The van der Waals surface area contributed by atoms with Crippen molar-refractivity contribution in [1.29, 1.82) is 0 Å². The van der Waals surface area contributed by atoms with Crippen molar-refractivity contribution >= 4 is 32.9 Å². The predicted molar refractivity (Wildman–Crippen MR) is 28.9 cm³/mol. The Morgan fingerprint density at radius 1 is 0.909 bits per heavy atom. The number of hydrogen-bond acceptors (Lipinski definition) is 4. The molecule has 0 aliphatic carbocycles. The molecule has 0 fully saturated rings. The first-order valence-corrected chi connectivity index (χ1v) is 9.80. The van der Waals surface area contributed by atoms with E-state index in [2.05, 4.69) is 0 Å². The molecule has 0 aliphatic rings. The fourth-order valence-electron chi connectivity index (χ4n) is 0.109. The van der Waals surface area contributed by atoms with Crippen LogP contribution in [0.4, 0.5) is 0 Å². The molecule has 60 valence electrons. The van der Waals surface area contributed by atoms with Crippen LogP contribution in [0.25, 0.3) is 0 Å². The number of rotatable bonds is 2. The summed E-state index contributed by atoms with van der Waals surface area (Å²) in [6.45, 7) is 0. The van der Waals surface area contributed by atoms with Crippen LogP contribution < -0.4 is 0 Å². The SMILES string of the molecule is O=S(=O)(O)[Te]S(=O)(=O)O.[Hg].[Zn]. The van der Waals surface area contributed by atoms with Gasteiger partial charge in [0.2, 0.25) is 0 Å². The van der Waals surface area contributed by atoms with E-state index < -0.39 is 32.9 Å². The molecule has 0 aromatic heterocycles. The Labute approximate surface area is 104 Å². The normalized spacial score (nSPS) is 11.1. The van der Waals surface area contributed by atoms with Crippen molar-refractivity contribution in [3.63, 3.8) is 0 Å².